The van der Waals surface area contributed by atoms with Crippen molar-refractivity contribution in [1.29, 1.82) is 0 Å². The number of rotatable bonds is 5. The number of halogens is 3. The summed E-state index contributed by atoms with van der Waals surface area (Å²) in [5, 5.41) is 10.9. The van der Waals surface area contributed by atoms with Crippen molar-refractivity contribution in [3.8, 4) is 0 Å². The third kappa shape index (κ3) is 3.38. The van der Waals surface area contributed by atoms with Crippen molar-refractivity contribution in [2.24, 2.45) is 5.73 Å². The zero-order valence-corrected chi connectivity index (χ0v) is 12.8. The van der Waals surface area contributed by atoms with Crippen LogP contribution in [-0.4, -0.2) is 18.3 Å². The zero-order chi connectivity index (χ0) is 15.5. The summed E-state index contributed by atoms with van der Waals surface area (Å²) in [4.78, 5) is 0. The van der Waals surface area contributed by atoms with Gasteiger partial charge in [0.1, 0.15) is 5.82 Å². The Kier molecular flexibility index (Phi) is 5.22. The van der Waals surface area contributed by atoms with E-state index >= 15 is 0 Å². The van der Waals surface area contributed by atoms with Crippen molar-refractivity contribution in [3.63, 3.8) is 0 Å². The molecule has 0 aliphatic rings. The monoisotopic (exact) mass is 327 g/mol. The van der Waals surface area contributed by atoms with E-state index in [2.05, 4.69) is 0 Å². The number of hydrogen-bond acceptors (Lipinski definition) is 2. The predicted octanol–water partition coefficient (Wildman–Crippen LogP) is 3.56. The van der Waals surface area contributed by atoms with Gasteiger partial charge in [-0.05, 0) is 41.8 Å². The first-order chi connectivity index (χ1) is 10.0. The van der Waals surface area contributed by atoms with E-state index in [1.165, 1.54) is 6.07 Å². The van der Waals surface area contributed by atoms with E-state index in [0.717, 1.165) is 5.56 Å². The Balaban J connectivity index is 2.48. The molecule has 0 saturated heterocycles. The Morgan fingerprint density at radius 3 is 2.48 bits per heavy atom. The largest absolute Gasteiger partial charge is 0.395 e. The third-order valence-electron chi connectivity index (χ3n) is 3.68. The van der Waals surface area contributed by atoms with Crippen LogP contribution in [0.1, 0.15) is 11.1 Å². The van der Waals surface area contributed by atoms with Crippen molar-refractivity contribution in [1.82, 2.24) is 0 Å². The normalized spacial score (nSPS) is 14.0. The molecule has 0 fully saturated rings. The minimum Gasteiger partial charge on any atom is -0.395 e. The van der Waals surface area contributed by atoms with Crippen LogP contribution in [-0.2, 0) is 11.8 Å². The van der Waals surface area contributed by atoms with Gasteiger partial charge in [-0.15, -0.1) is 0 Å². The number of aliphatic hydroxyl groups excluding tert-OH is 1. The topological polar surface area (TPSA) is 46.2 Å². The molecule has 0 radical (unpaired) electrons. The lowest BCUT2D eigenvalue weighted by Gasteiger charge is -2.32. The minimum absolute atomic E-state index is 0.0906. The van der Waals surface area contributed by atoms with Crippen LogP contribution in [0.25, 0.3) is 0 Å². The van der Waals surface area contributed by atoms with Crippen LogP contribution in [0, 0.1) is 5.82 Å². The van der Waals surface area contributed by atoms with Gasteiger partial charge in [-0.2, -0.15) is 0 Å². The lowest BCUT2D eigenvalue weighted by atomic mass is 9.76. The lowest BCUT2D eigenvalue weighted by molar-refractivity contribution is 0.192. The van der Waals surface area contributed by atoms with E-state index in [0.29, 0.717) is 22.0 Å². The van der Waals surface area contributed by atoms with E-state index in [-0.39, 0.29) is 13.2 Å². The van der Waals surface area contributed by atoms with Gasteiger partial charge in [-0.3, -0.25) is 0 Å². The number of aliphatic hydroxyl groups is 1. The highest BCUT2D eigenvalue weighted by Gasteiger charge is 2.33. The molecule has 3 N–H and O–H groups in total. The number of nitrogens with two attached hydrogens (primary N) is 1. The average molecular weight is 328 g/mol. The molecule has 2 rings (SSSR count). The van der Waals surface area contributed by atoms with Gasteiger partial charge in [0.2, 0.25) is 0 Å². The van der Waals surface area contributed by atoms with Crippen molar-refractivity contribution < 1.29 is 9.50 Å². The van der Waals surface area contributed by atoms with E-state index in [1.54, 1.807) is 36.4 Å². The van der Waals surface area contributed by atoms with Crippen molar-refractivity contribution in [2.45, 2.75) is 11.8 Å². The minimum atomic E-state index is -0.931. The maximum Gasteiger partial charge on any atom is 0.127 e. The van der Waals surface area contributed by atoms with Gasteiger partial charge in [0.15, 0.2) is 0 Å². The van der Waals surface area contributed by atoms with E-state index in [9.17, 15) is 9.50 Å². The highest BCUT2D eigenvalue weighted by molar-refractivity contribution is 6.33. The first-order valence-electron chi connectivity index (χ1n) is 6.52. The molecular formula is C16H16Cl2FNO. The molecule has 1 unspecified atom stereocenters. The van der Waals surface area contributed by atoms with Gasteiger partial charge < -0.3 is 10.8 Å². The maximum absolute atomic E-state index is 14.1. The quantitative estimate of drug-likeness (QED) is 0.881. The van der Waals surface area contributed by atoms with Crippen LogP contribution in [0.3, 0.4) is 0 Å². The first kappa shape index (κ1) is 16.2. The molecule has 0 bridgehead atoms. The fourth-order valence-electron chi connectivity index (χ4n) is 2.42. The SMILES string of the molecule is NCC(CO)(Cc1cc(Cl)ccc1Cl)c1ccccc1F. The van der Waals surface area contributed by atoms with Crippen LogP contribution in [0.4, 0.5) is 4.39 Å². The van der Waals surface area contributed by atoms with E-state index in [4.69, 9.17) is 28.9 Å². The fourth-order valence-corrected chi connectivity index (χ4v) is 2.80. The van der Waals surface area contributed by atoms with Gasteiger partial charge in [0, 0.05) is 22.0 Å². The highest BCUT2D eigenvalue weighted by Crippen LogP contribution is 2.33. The molecule has 0 amide bonds. The average Bonchev–Trinajstić information content (AvgIpc) is 2.49. The fraction of sp³-hybridized carbons (Fsp3) is 0.250. The standard InChI is InChI=1S/C16H16Cl2FNO/c17-12-5-6-14(18)11(7-12)8-16(9-20,10-21)13-3-1-2-4-15(13)19/h1-7,21H,8-10,20H2. The molecule has 21 heavy (non-hydrogen) atoms. The molecule has 0 aromatic heterocycles. The van der Waals surface area contributed by atoms with Crippen LogP contribution < -0.4 is 5.73 Å². The number of hydrogen-bond donors (Lipinski definition) is 2. The summed E-state index contributed by atoms with van der Waals surface area (Å²) in [7, 11) is 0. The predicted molar refractivity (Wildman–Crippen MR) is 84.4 cm³/mol. The zero-order valence-electron chi connectivity index (χ0n) is 11.3. The third-order valence-corrected chi connectivity index (χ3v) is 4.28. The second-order valence-corrected chi connectivity index (χ2v) is 5.88. The Bertz CT molecular complexity index is 629. The summed E-state index contributed by atoms with van der Waals surface area (Å²) < 4.78 is 14.1. The summed E-state index contributed by atoms with van der Waals surface area (Å²) in [5.74, 6) is -0.393. The molecule has 2 aromatic rings. The Morgan fingerprint density at radius 1 is 1.14 bits per heavy atom. The van der Waals surface area contributed by atoms with Crippen molar-refractivity contribution in [2.75, 3.05) is 13.2 Å². The molecule has 1 atom stereocenters. The summed E-state index contributed by atoms with van der Waals surface area (Å²) in [6, 6.07) is 11.4. The van der Waals surface area contributed by atoms with Gasteiger partial charge >= 0.3 is 0 Å². The number of benzene rings is 2. The Morgan fingerprint density at radius 2 is 1.86 bits per heavy atom. The summed E-state index contributed by atoms with van der Waals surface area (Å²) in [6.07, 6.45) is 0.306. The first-order valence-corrected chi connectivity index (χ1v) is 7.28. The van der Waals surface area contributed by atoms with Gasteiger partial charge in [0.05, 0.1) is 6.61 Å². The molecule has 112 valence electrons. The van der Waals surface area contributed by atoms with Crippen LogP contribution >= 0.6 is 23.2 Å². The second kappa shape index (κ2) is 6.75. The second-order valence-electron chi connectivity index (χ2n) is 5.03. The molecule has 0 saturated carbocycles. The van der Waals surface area contributed by atoms with Gasteiger partial charge in [-0.1, -0.05) is 41.4 Å². The smallest absolute Gasteiger partial charge is 0.127 e. The molecular weight excluding hydrogens is 312 g/mol. The van der Waals surface area contributed by atoms with Crippen LogP contribution in [0.5, 0.6) is 0 Å². The highest BCUT2D eigenvalue weighted by atomic mass is 35.5. The van der Waals surface area contributed by atoms with E-state index in [1.807, 2.05) is 0 Å². The van der Waals surface area contributed by atoms with Gasteiger partial charge in [-0.25, -0.2) is 4.39 Å². The van der Waals surface area contributed by atoms with Gasteiger partial charge in [0.25, 0.3) is 0 Å². The van der Waals surface area contributed by atoms with Crippen molar-refractivity contribution >= 4 is 23.2 Å². The Hall–Kier alpha value is -1.13. The molecule has 0 aliphatic heterocycles. The summed E-state index contributed by atoms with van der Waals surface area (Å²) in [5.41, 5.74) is 6.03. The van der Waals surface area contributed by atoms with Crippen LogP contribution in [0.2, 0.25) is 10.0 Å². The molecule has 2 aromatic carbocycles. The molecule has 0 aliphatic carbocycles. The maximum atomic E-state index is 14.1. The molecule has 5 heteroatoms. The van der Waals surface area contributed by atoms with Crippen LogP contribution in [0.15, 0.2) is 42.5 Å². The Labute approximate surface area is 133 Å². The van der Waals surface area contributed by atoms with Crippen molar-refractivity contribution in [3.05, 3.63) is 69.5 Å². The molecule has 2 nitrogen and oxygen atoms in total. The molecule has 0 heterocycles. The summed E-state index contributed by atoms with van der Waals surface area (Å²) in [6.45, 7) is -0.194. The molecule has 0 spiro atoms. The van der Waals surface area contributed by atoms with E-state index < -0.39 is 11.2 Å². The lowest BCUT2D eigenvalue weighted by Crippen LogP contribution is -2.41. The summed E-state index contributed by atoms with van der Waals surface area (Å²) >= 11 is 12.2.